The largest absolute Gasteiger partial charge is 0.519 e. The highest BCUT2D eigenvalue weighted by molar-refractivity contribution is 6.02. The molecule has 2 aliphatic heterocycles. The number of ether oxygens (including phenoxy) is 1. The minimum atomic E-state index is -4.58. The molecule has 0 aliphatic carbocycles. The summed E-state index contributed by atoms with van der Waals surface area (Å²) >= 11 is 0. The van der Waals surface area contributed by atoms with Crippen molar-refractivity contribution >= 4 is 12.0 Å². The molecule has 0 unspecified atom stereocenters. The fraction of sp³-hybridized carbons (Fsp3) is 0.100. The van der Waals surface area contributed by atoms with E-state index in [9.17, 15) is 13.2 Å². The minimum Gasteiger partial charge on any atom is -0.435 e. The Morgan fingerprint density at radius 2 is 2.00 bits per heavy atom. The molecule has 0 aromatic heterocycles. The molecule has 1 aromatic rings. The molecule has 0 radical (unpaired) electrons. The van der Waals surface area contributed by atoms with E-state index >= 15 is 0 Å². The Hall–Kier alpha value is -2.18. The molecule has 2 heterocycles. The zero-order valence-electron chi connectivity index (χ0n) is 8.32. The number of benzene rings is 1. The second-order valence-electron chi connectivity index (χ2n) is 3.49. The van der Waals surface area contributed by atoms with Gasteiger partial charge in [0.1, 0.15) is 11.4 Å². The third kappa shape index (κ3) is 1.59. The van der Waals surface area contributed by atoms with Gasteiger partial charge in [0.05, 0.1) is 0 Å². The summed E-state index contributed by atoms with van der Waals surface area (Å²) in [5, 5.41) is 3.12. The summed E-state index contributed by atoms with van der Waals surface area (Å²) in [6.45, 7) is 0. The van der Waals surface area contributed by atoms with E-state index in [4.69, 9.17) is 4.74 Å². The fourth-order valence-electron chi connectivity index (χ4n) is 1.57. The van der Waals surface area contributed by atoms with Crippen LogP contribution in [-0.2, 0) is 0 Å². The first kappa shape index (κ1) is 10.0. The number of fused-ring (bicyclic) bond motifs is 2. The average Bonchev–Trinajstić information content (AvgIpc) is 2.68. The molecule has 1 aromatic carbocycles. The van der Waals surface area contributed by atoms with Crippen LogP contribution in [0.2, 0.25) is 0 Å². The van der Waals surface area contributed by atoms with Gasteiger partial charge in [0.15, 0.2) is 0 Å². The zero-order valence-corrected chi connectivity index (χ0v) is 8.32. The second-order valence-corrected chi connectivity index (χ2v) is 3.49. The predicted octanol–water partition coefficient (Wildman–Crippen LogP) is 2.07. The molecule has 0 atom stereocenters. The monoisotopic (exact) mass is 241 g/mol. The van der Waals surface area contributed by atoms with Crippen LogP contribution in [0, 0.1) is 0 Å². The van der Waals surface area contributed by atoms with Crippen molar-refractivity contribution in [3.63, 3.8) is 0 Å². The minimum absolute atomic E-state index is 0.0824. The lowest BCUT2D eigenvalue weighted by Crippen LogP contribution is -2.40. The van der Waals surface area contributed by atoms with Crippen LogP contribution in [0.25, 0.3) is 6.08 Å². The smallest absolute Gasteiger partial charge is 0.435 e. The van der Waals surface area contributed by atoms with Crippen LogP contribution in [0.1, 0.15) is 5.56 Å². The first-order valence-electron chi connectivity index (χ1n) is 4.75. The van der Waals surface area contributed by atoms with Crippen molar-refractivity contribution in [2.45, 2.75) is 6.30 Å². The van der Waals surface area contributed by atoms with Gasteiger partial charge < -0.3 is 4.74 Å². The molecule has 1 N–H and O–H groups in total. The van der Waals surface area contributed by atoms with Gasteiger partial charge in [-0.2, -0.15) is 0 Å². The van der Waals surface area contributed by atoms with E-state index in [-0.39, 0.29) is 16.7 Å². The van der Waals surface area contributed by atoms with Crippen molar-refractivity contribution in [3.8, 4) is 5.75 Å². The molecule has 88 valence electrons. The maximum atomic E-state index is 12.4. The highest BCUT2D eigenvalue weighted by Crippen LogP contribution is 2.31. The van der Waals surface area contributed by atoms with Gasteiger partial charge in [-0.3, -0.25) is 5.43 Å². The van der Waals surface area contributed by atoms with Crippen LogP contribution < -0.4 is 10.2 Å². The van der Waals surface area contributed by atoms with E-state index in [1.165, 1.54) is 0 Å². The molecule has 3 rings (SSSR count). The maximum absolute atomic E-state index is 12.4. The van der Waals surface area contributed by atoms with Crippen LogP contribution >= 0.6 is 0 Å². The molecule has 0 spiro atoms. The van der Waals surface area contributed by atoms with Gasteiger partial charge in [-0.25, -0.2) is 0 Å². The number of alkyl halides is 3. The molecule has 0 amide bonds. The summed E-state index contributed by atoms with van der Waals surface area (Å²) in [6.07, 6.45) is -3.02. The Labute approximate surface area is 93.9 Å². The standard InChI is InChI=1S/C10H6F3N3O/c11-10(12,13)16-14-7-5-6-3-1-2-4-8(6)17-9(7)15-16/h1-5,14H. The lowest BCUT2D eigenvalue weighted by molar-refractivity contribution is -0.257. The van der Waals surface area contributed by atoms with Crippen molar-refractivity contribution in [1.29, 1.82) is 0 Å². The Kier molecular flexibility index (Phi) is 1.86. The Morgan fingerprint density at radius 3 is 2.76 bits per heavy atom. The van der Waals surface area contributed by atoms with Crippen LogP contribution in [0.5, 0.6) is 5.75 Å². The van der Waals surface area contributed by atoms with E-state index < -0.39 is 6.30 Å². The maximum Gasteiger partial charge on any atom is 0.519 e. The molecule has 4 nitrogen and oxygen atoms in total. The van der Waals surface area contributed by atoms with Crippen molar-refractivity contribution in [1.82, 2.24) is 10.5 Å². The average molecular weight is 241 g/mol. The van der Waals surface area contributed by atoms with Crippen LogP contribution in [0.15, 0.2) is 35.1 Å². The highest BCUT2D eigenvalue weighted by Gasteiger charge is 2.43. The topological polar surface area (TPSA) is 36.9 Å². The number of rotatable bonds is 0. The van der Waals surface area contributed by atoms with Crippen molar-refractivity contribution in [2.24, 2.45) is 5.10 Å². The van der Waals surface area contributed by atoms with Gasteiger partial charge in [-0.05, 0) is 12.1 Å². The summed E-state index contributed by atoms with van der Waals surface area (Å²) in [7, 11) is 0. The summed E-state index contributed by atoms with van der Waals surface area (Å²) in [5.41, 5.74) is 3.02. The van der Waals surface area contributed by atoms with Crippen LogP contribution in [0.4, 0.5) is 13.2 Å². The molecule has 0 saturated heterocycles. The summed E-state index contributed by atoms with van der Waals surface area (Å²) in [6, 6.07) is 6.93. The molecular weight excluding hydrogens is 235 g/mol. The number of nitrogens with one attached hydrogen (secondary N) is 1. The van der Waals surface area contributed by atoms with Gasteiger partial charge in [0, 0.05) is 5.56 Å². The lowest BCUT2D eigenvalue weighted by Gasteiger charge is -2.17. The van der Waals surface area contributed by atoms with Crippen molar-refractivity contribution in [3.05, 3.63) is 35.5 Å². The Balaban J connectivity index is 1.98. The number of hydrogen-bond donors (Lipinski definition) is 1. The third-order valence-electron chi connectivity index (χ3n) is 2.31. The lowest BCUT2D eigenvalue weighted by atomic mass is 10.1. The third-order valence-corrected chi connectivity index (χ3v) is 2.31. The summed E-state index contributed by atoms with van der Waals surface area (Å²) in [5.74, 6) is 0.404. The molecule has 17 heavy (non-hydrogen) atoms. The Bertz CT molecular complexity index is 536. The second kappa shape index (κ2) is 3.16. The number of hydrogen-bond acceptors (Lipinski definition) is 4. The van der Waals surface area contributed by atoms with E-state index in [0.717, 1.165) is 0 Å². The quantitative estimate of drug-likeness (QED) is 0.706. The van der Waals surface area contributed by atoms with E-state index in [2.05, 4.69) is 10.5 Å². The molecule has 0 fully saturated rings. The number of hydrazone groups is 1. The van der Waals surface area contributed by atoms with Crippen molar-refractivity contribution < 1.29 is 17.9 Å². The van der Waals surface area contributed by atoms with E-state index in [1.807, 2.05) is 0 Å². The van der Waals surface area contributed by atoms with E-state index in [1.54, 1.807) is 30.3 Å². The molecule has 2 aliphatic rings. The normalized spacial score (nSPS) is 17.5. The van der Waals surface area contributed by atoms with Crippen molar-refractivity contribution in [2.75, 3.05) is 0 Å². The fourth-order valence-corrected chi connectivity index (χ4v) is 1.57. The Morgan fingerprint density at radius 1 is 1.24 bits per heavy atom. The molecule has 0 saturated carbocycles. The highest BCUT2D eigenvalue weighted by atomic mass is 19.4. The number of hydrazine groups is 1. The molecule has 7 heteroatoms. The summed E-state index contributed by atoms with van der Waals surface area (Å²) < 4.78 is 42.5. The van der Waals surface area contributed by atoms with E-state index in [0.29, 0.717) is 11.3 Å². The molecular formula is C10H6F3N3O. The van der Waals surface area contributed by atoms with Gasteiger partial charge in [0.25, 0.3) is 5.90 Å². The van der Waals surface area contributed by atoms with Gasteiger partial charge in [-0.15, -0.1) is 23.4 Å². The van der Waals surface area contributed by atoms with Crippen LogP contribution in [-0.4, -0.2) is 17.3 Å². The first-order chi connectivity index (χ1) is 8.04. The van der Waals surface area contributed by atoms with Gasteiger partial charge in [-0.1, -0.05) is 18.2 Å². The SMILES string of the molecule is FC(F)(F)N1N=C2Oc3ccccc3C=C2N1. The number of nitrogens with zero attached hydrogens (tertiary/aromatic N) is 2. The molecule has 0 bridgehead atoms. The number of para-hydroxylation sites is 1. The van der Waals surface area contributed by atoms with Gasteiger partial charge >= 0.3 is 6.30 Å². The predicted molar refractivity (Wildman–Crippen MR) is 53.5 cm³/mol. The number of halogens is 3. The first-order valence-corrected chi connectivity index (χ1v) is 4.75. The zero-order chi connectivity index (χ0) is 12.0. The van der Waals surface area contributed by atoms with Gasteiger partial charge in [0.2, 0.25) is 0 Å². The van der Waals surface area contributed by atoms with Crippen LogP contribution in [0.3, 0.4) is 0 Å². The summed E-state index contributed by atoms with van der Waals surface area (Å²) in [4.78, 5) is 0.